The summed E-state index contributed by atoms with van der Waals surface area (Å²) in [7, 11) is 1.70. The van der Waals surface area contributed by atoms with Crippen molar-refractivity contribution < 1.29 is 19.0 Å². The van der Waals surface area contributed by atoms with E-state index in [1.165, 1.54) is 5.56 Å². The largest absolute Gasteiger partial charge is 0.496 e. The van der Waals surface area contributed by atoms with Gasteiger partial charge in [0.25, 0.3) is 0 Å². The highest BCUT2D eigenvalue weighted by atomic mass is 16.5. The summed E-state index contributed by atoms with van der Waals surface area (Å²) in [5, 5.41) is 0. The lowest BCUT2D eigenvalue weighted by atomic mass is 9.98. The summed E-state index contributed by atoms with van der Waals surface area (Å²) in [6, 6.07) is 18.3. The van der Waals surface area contributed by atoms with E-state index in [-0.39, 0.29) is 5.78 Å². The van der Waals surface area contributed by atoms with Crippen LogP contribution in [0, 0.1) is 6.92 Å². The Kier molecular flexibility index (Phi) is 6.12. The summed E-state index contributed by atoms with van der Waals surface area (Å²) in [6.07, 6.45) is 3.66. The predicted molar refractivity (Wildman–Crippen MR) is 133 cm³/mol. The third kappa shape index (κ3) is 4.19. The third-order valence-electron chi connectivity index (χ3n) is 6.56. The quantitative estimate of drug-likeness (QED) is 0.455. The number of para-hydroxylation sites is 1. The van der Waals surface area contributed by atoms with Crippen molar-refractivity contribution in [2.75, 3.05) is 20.4 Å². The van der Waals surface area contributed by atoms with Gasteiger partial charge in [-0.15, -0.1) is 0 Å². The van der Waals surface area contributed by atoms with Crippen LogP contribution < -0.4 is 14.2 Å². The Hall–Kier alpha value is -3.57. The maximum atomic E-state index is 13.2. The first-order valence-electron chi connectivity index (χ1n) is 11.7. The minimum atomic E-state index is -0.0685. The Balaban J connectivity index is 1.38. The first-order chi connectivity index (χ1) is 16.6. The number of fused-ring (bicyclic) bond motifs is 3. The SMILES string of the molecule is CCc1ccc(/C=C2\Oc3c4c(cc(C)c3C2=O)OCN(CCc2ccccc2OC)C4)cc1. The van der Waals surface area contributed by atoms with Gasteiger partial charge in [-0.3, -0.25) is 9.69 Å². The predicted octanol–water partition coefficient (Wildman–Crippen LogP) is 5.58. The van der Waals surface area contributed by atoms with E-state index in [9.17, 15) is 4.79 Å². The molecule has 5 nitrogen and oxygen atoms in total. The van der Waals surface area contributed by atoms with Crippen LogP contribution >= 0.6 is 0 Å². The molecule has 2 aliphatic rings. The topological polar surface area (TPSA) is 48.0 Å². The molecule has 0 aromatic heterocycles. The van der Waals surface area contributed by atoms with E-state index >= 15 is 0 Å². The van der Waals surface area contributed by atoms with Crippen molar-refractivity contribution in [2.45, 2.75) is 33.2 Å². The Morgan fingerprint density at radius 2 is 1.91 bits per heavy atom. The van der Waals surface area contributed by atoms with E-state index in [1.807, 2.05) is 49.4 Å². The molecule has 3 aromatic rings. The van der Waals surface area contributed by atoms with E-state index in [4.69, 9.17) is 14.2 Å². The smallest absolute Gasteiger partial charge is 0.232 e. The molecule has 2 heterocycles. The van der Waals surface area contributed by atoms with Gasteiger partial charge in [0.05, 0.1) is 18.2 Å². The second-order valence-electron chi connectivity index (χ2n) is 8.80. The number of methoxy groups -OCH3 is 1. The zero-order chi connectivity index (χ0) is 23.7. The van der Waals surface area contributed by atoms with Gasteiger partial charge in [-0.05, 0) is 60.2 Å². The van der Waals surface area contributed by atoms with Gasteiger partial charge in [0.15, 0.2) is 5.76 Å². The highest BCUT2D eigenvalue weighted by Gasteiger charge is 2.35. The fraction of sp³-hybridized carbons (Fsp3) is 0.276. The van der Waals surface area contributed by atoms with Gasteiger partial charge in [0, 0.05) is 13.1 Å². The van der Waals surface area contributed by atoms with Gasteiger partial charge in [-0.25, -0.2) is 0 Å². The average Bonchev–Trinajstić information content (AvgIpc) is 3.20. The summed E-state index contributed by atoms with van der Waals surface area (Å²) in [5.74, 6) is 2.63. The van der Waals surface area contributed by atoms with Crippen LogP contribution in [-0.4, -0.2) is 31.1 Å². The van der Waals surface area contributed by atoms with Crippen LogP contribution in [0.2, 0.25) is 0 Å². The van der Waals surface area contributed by atoms with Crippen LogP contribution in [0.4, 0.5) is 0 Å². The summed E-state index contributed by atoms with van der Waals surface area (Å²) in [6.45, 7) is 6.04. The lowest BCUT2D eigenvalue weighted by Crippen LogP contribution is -2.34. The normalized spacial score (nSPS) is 16.1. The maximum Gasteiger partial charge on any atom is 0.232 e. The molecule has 0 radical (unpaired) electrons. The number of benzene rings is 3. The Bertz CT molecular complexity index is 1260. The van der Waals surface area contributed by atoms with Crippen molar-refractivity contribution >= 4 is 11.9 Å². The van der Waals surface area contributed by atoms with Gasteiger partial charge in [0.2, 0.25) is 5.78 Å². The van der Waals surface area contributed by atoms with E-state index in [0.717, 1.165) is 53.1 Å². The van der Waals surface area contributed by atoms with Gasteiger partial charge in [-0.2, -0.15) is 0 Å². The lowest BCUT2D eigenvalue weighted by Gasteiger charge is -2.30. The molecule has 5 heteroatoms. The zero-order valence-corrected chi connectivity index (χ0v) is 19.9. The molecule has 0 spiro atoms. The Morgan fingerprint density at radius 3 is 2.68 bits per heavy atom. The average molecular weight is 456 g/mol. The van der Waals surface area contributed by atoms with Crippen molar-refractivity contribution in [3.05, 3.63) is 93.7 Å². The molecule has 2 aliphatic heterocycles. The van der Waals surface area contributed by atoms with Crippen LogP contribution in [-0.2, 0) is 19.4 Å². The standard InChI is InChI=1S/C29H29NO4/c1-4-20-9-11-21(12-10-20)16-26-28(31)27-19(2)15-25-23(29(27)34-26)17-30(18-33-25)14-13-22-7-5-6-8-24(22)32-3/h5-12,15-16H,4,13-14,17-18H2,1-3H3/b26-16-. The first kappa shape index (κ1) is 22.2. The molecule has 0 saturated heterocycles. The number of ketones is 1. The van der Waals surface area contributed by atoms with E-state index in [1.54, 1.807) is 7.11 Å². The molecule has 0 unspecified atom stereocenters. The number of aryl methyl sites for hydroxylation is 2. The summed E-state index contributed by atoms with van der Waals surface area (Å²) < 4.78 is 17.8. The fourth-order valence-electron chi connectivity index (χ4n) is 4.61. The lowest BCUT2D eigenvalue weighted by molar-refractivity contribution is 0.0947. The van der Waals surface area contributed by atoms with Crippen molar-refractivity contribution in [1.82, 2.24) is 4.90 Å². The van der Waals surface area contributed by atoms with Gasteiger partial charge in [0.1, 0.15) is 24.0 Å². The number of carbonyl (C=O) groups excluding carboxylic acids is 1. The molecule has 0 fully saturated rings. The number of hydrogen-bond donors (Lipinski definition) is 0. The van der Waals surface area contributed by atoms with Crippen LogP contribution in [0.1, 0.15) is 45.1 Å². The molecule has 0 saturated carbocycles. The maximum absolute atomic E-state index is 13.2. The van der Waals surface area contributed by atoms with E-state index in [0.29, 0.717) is 30.3 Å². The number of Topliss-reactive ketones (excluding diaryl/α,β-unsaturated/α-hetero) is 1. The van der Waals surface area contributed by atoms with Gasteiger partial charge >= 0.3 is 0 Å². The van der Waals surface area contributed by atoms with Crippen molar-refractivity contribution in [3.63, 3.8) is 0 Å². The minimum Gasteiger partial charge on any atom is -0.496 e. The number of carbonyl (C=O) groups is 1. The van der Waals surface area contributed by atoms with Crippen molar-refractivity contribution in [3.8, 4) is 17.2 Å². The van der Waals surface area contributed by atoms with Crippen LogP contribution in [0.25, 0.3) is 6.08 Å². The molecule has 174 valence electrons. The van der Waals surface area contributed by atoms with Gasteiger partial charge < -0.3 is 14.2 Å². The molecular formula is C29H29NO4. The second kappa shape index (κ2) is 9.35. The highest BCUT2D eigenvalue weighted by Crippen LogP contribution is 2.44. The Morgan fingerprint density at radius 1 is 1.12 bits per heavy atom. The van der Waals surface area contributed by atoms with Crippen molar-refractivity contribution in [2.24, 2.45) is 0 Å². The summed E-state index contributed by atoms with van der Waals surface area (Å²) in [4.78, 5) is 15.5. The minimum absolute atomic E-state index is 0.0685. The van der Waals surface area contributed by atoms with E-state index in [2.05, 4.69) is 30.0 Å². The second-order valence-corrected chi connectivity index (χ2v) is 8.80. The zero-order valence-electron chi connectivity index (χ0n) is 19.9. The molecule has 34 heavy (non-hydrogen) atoms. The molecule has 5 rings (SSSR count). The van der Waals surface area contributed by atoms with Gasteiger partial charge in [-0.1, -0.05) is 49.4 Å². The van der Waals surface area contributed by atoms with E-state index < -0.39 is 0 Å². The fourth-order valence-corrected chi connectivity index (χ4v) is 4.61. The molecule has 0 aliphatic carbocycles. The van der Waals surface area contributed by atoms with Crippen molar-refractivity contribution in [1.29, 1.82) is 0 Å². The molecule has 0 amide bonds. The molecular weight excluding hydrogens is 426 g/mol. The number of nitrogens with zero attached hydrogens (tertiary/aromatic N) is 1. The number of hydrogen-bond acceptors (Lipinski definition) is 5. The summed E-state index contributed by atoms with van der Waals surface area (Å²) in [5.41, 5.74) is 5.84. The monoisotopic (exact) mass is 455 g/mol. The highest BCUT2D eigenvalue weighted by molar-refractivity contribution is 6.15. The number of ether oxygens (including phenoxy) is 3. The molecule has 0 atom stereocenters. The van der Waals surface area contributed by atoms with Crippen LogP contribution in [0.5, 0.6) is 17.2 Å². The van der Waals surface area contributed by atoms with Crippen LogP contribution in [0.3, 0.4) is 0 Å². The third-order valence-corrected chi connectivity index (χ3v) is 6.56. The van der Waals surface area contributed by atoms with Crippen LogP contribution in [0.15, 0.2) is 60.4 Å². The molecule has 0 N–H and O–H groups in total. The number of rotatable bonds is 6. The molecule has 0 bridgehead atoms. The summed E-state index contributed by atoms with van der Waals surface area (Å²) >= 11 is 0. The number of allylic oxidation sites excluding steroid dienone is 1. The molecule has 3 aromatic carbocycles. The Labute approximate surface area is 200 Å². The first-order valence-corrected chi connectivity index (χ1v) is 11.7.